The van der Waals surface area contributed by atoms with Crippen molar-refractivity contribution < 1.29 is 19.2 Å². The van der Waals surface area contributed by atoms with Crippen LogP contribution in [0.1, 0.15) is 24.2 Å². The molecule has 0 aliphatic carbocycles. The van der Waals surface area contributed by atoms with Gasteiger partial charge in [-0.15, -0.1) is 12.4 Å². The molecule has 0 aliphatic heterocycles. The lowest BCUT2D eigenvalue weighted by molar-refractivity contribution is -0.385. The summed E-state index contributed by atoms with van der Waals surface area (Å²) in [5.74, 6) is 0.145. The molecular weight excluding hydrogens is 409 g/mol. The molecule has 2 aromatic rings. The van der Waals surface area contributed by atoms with Crippen molar-refractivity contribution in [2.75, 3.05) is 13.7 Å². The molecule has 10 heteroatoms. The van der Waals surface area contributed by atoms with Gasteiger partial charge in [0.25, 0.3) is 5.91 Å². The number of rotatable bonds is 7. The molecule has 0 saturated carbocycles. The fourth-order valence-electron chi connectivity index (χ4n) is 2.16. The van der Waals surface area contributed by atoms with Gasteiger partial charge in [0, 0.05) is 28.7 Å². The van der Waals surface area contributed by atoms with E-state index in [1.807, 2.05) is 0 Å². The zero-order valence-electron chi connectivity index (χ0n) is 15.5. The normalized spacial score (nSPS) is 10.6. The van der Waals surface area contributed by atoms with Crippen LogP contribution in [0, 0.1) is 10.1 Å². The van der Waals surface area contributed by atoms with Crippen molar-refractivity contribution in [3.8, 4) is 17.2 Å². The number of nitrogens with zero attached hydrogens (tertiary/aromatic N) is 1. The number of hydrogen-bond donors (Lipinski definition) is 2. The predicted octanol–water partition coefficient (Wildman–Crippen LogP) is 3.94. The Labute approximate surface area is 173 Å². The number of nitrogens with one attached hydrogen (secondary N) is 1. The molecule has 28 heavy (non-hydrogen) atoms. The molecule has 0 fully saturated rings. The van der Waals surface area contributed by atoms with Gasteiger partial charge < -0.3 is 20.5 Å². The van der Waals surface area contributed by atoms with Gasteiger partial charge in [-0.25, -0.2) is 0 Å². The summed E-state index contributed by atoms with van der Waals surface area (Å²) in [4.78, 5) is 23.0. The summed E-state index contributed by atoms with van der Waals surface area (Å²) in [6.07, 6.45) is 0. The van der Waals surface area contributed by atoms with E-state index in [0.717, 1.165) is 0 Å². The van der Waals surface area contributed by atoms with Gasteiger partial charge >= 0.3 is 5.69 Å². The number of hydrogen-bond acceptors (Lipinski definition) is 6. The van der Waals surface area contributed by atoms with Crippen LogP contribution in [-0.4, -0.2) is 30.0 Å². The van der Waals surface area contributed by atoms with E-state index < -0.39 is 10.5 Å². The van der Waals surface area contributed by atoms with E-state index in [1.54, 1.807) is 13.8 Å². The Hall–Kier alpha value is -2.55. The molecule has 0 heterocycles. The number of nitro benzene ring substituents is 1. The van der Waals surface area contributed by atoms with Crippen molar-refractivity contribution in [1.29, 1.82) is 0 Å². The van der Waals surface area contributed by atoms with Crippen molar-refractivity contribution in [2.24, 2.45) is 5.73 Å². The zero-order chi connectivity index (χ0) is 20.2. The third-order valence-corrected chi connectivity index (χ3v) is 3.96. The van der Waals surface area contributed by atoms with Crippen LogP contribution in [0.15, 0.2) is 36.4 Å². The molecule has 2 aromatic carbocycles. The summed E-state index contributed by atoms with van der Waals surface area (Å²) in [7, 11) is 1.41. The lowest BCUT2D eigenvalue weighted by atomic mass is 10.1. The Balaban J connectivity index is 0.00000392. The van der Waals surface area contributed by atoms with Crippen molar-refractivity contribution in [1.82, 2.24) is 5.32 Å². The highest BCUT2D eigenvalue weighted by atomic mass is 35.5. The summed E-state index contributed by atoms with van der Waals surface area (Å²) in [5, 5.41) is 14.2. The Bertz CT molecular complexity index is 874. The van der Waals surface area contributed by atoms with Crippen molar-refractivity contribution in [2.45, 2.75) is 19.4 Å². The second kappa shape index (κ2) is 9.59. The number of amides is 1. The standard InChI is InChI=1S/C18H20ClN3O5.ClH/c1-18(2,10-20)21-17(23)11-4-6-15(16(8-11)26-3)27-14-7-5-12(19)9-13(14)22(24)25;/h4-9H,10,20H2,1-3H3,(H,21,23);1H. The number of methoxy groups -OCH3 is 1. The highest BCUT2D eigenvalue weighted by Crippen LogP contribution is 2.37. The van der Waals surface area contributed by atoms with E-state index in [1.165, 1.54) is 43.5 Å². The SMILES string of the molecule is COc1cc(C(=O)NC(C)(C)CN)ccc1Oc1ccc(Cl)cc1[N+](=O)[O-].Cl. The molecule has 0 radical (unpaired) electrons. The molecule has 1 amide bonds. The van der Waals surface area contributed by atoms with Gasteiger partial charge in [-0.2, -0.15) is 0 Å². The van der Waals surface area contributed by atoms with E-state index in [9.17, 15) is 14.9 Å². The van der Waals surface area contributed by atoms with Gasteiger partial charge in [-0.1, -0.05) is 11.6 Å². The second-order valence-corrected chi connectivity index (χ2v) is 6.82. The fraction of sp³-hybridized carbons (Fsp3) is 0.278. The molecule has 0 bridgehead atoms. The first kappa shape index (κ1) is 23.5. The Morgan fingerprint density at radius 3 is 2.43 bits per heavy atom. The Kier molecular flexibility index (Phi) is 8.04. The molecule has 0 spiro atoms. The van der Waals surface area contributed by atoms with Gasteiger partial charge in [-0.3, -0.25) is 14.9 Å². The van der Waals surface area contributed by atoms with E-state index in [0.29, 0.717) is 5.56 Å². The van der Waals surface area contributed by atoms with Crippen LogP contribution in [0.2, 0.25) is 5.02 Å². The Morgan fingerprint density at radius 2 is 1.86 bits per heavy atom. The molecule has 0 aromatic heterocycles. The van der Waals surface area contributed by atoms with E-state index in [-0.39, 0.29) is 52.8 Å². The van der Waals surface area contributed by atoms with Crippen LogP contribution < -0.4 is 20.5 Å². The summed E-state index contributed by atoms with van der Waals surface area (Å²) in [6.45, 7) is 3.88. The van der Waals surface area contributed by atoms with E-state index >= 15 is 0 Å². The molecule has 0 saturated heterocycles. The summed E-state index contributed by atoms with van der Waals surface area (Å²) >= 11 is 5.80. The third kappa shape index (κ3) is 5.72. The first-order chi connectivity index (χ1) is 12.7. The van der Waals surface area contributed by atoms with Crippen LogP contribution in [0.25, 0.3) is 0 Å². The largest absolute Gasteiger partial charge is 0.493 e. The predicted molar refractivity (Wildman–Crippen MR) is 109 cm³/mol. The number of nitrogens with two attached hydrogens (primary N) is 1. The number of carbonyl (C=O) groups excluding carboxylic acids is 1. The molecule has 2 rings (SSSR count). The van der Waals surface area contributed by atoms with Crippen molar-refractivity contribution >= 4 is 35.6 Å². The molecule has 152 valence electrons. The molecule has 0 aliphatic rings. The smallest absolute Gasteiger partial charge is 0.313 e. The minimum Gasteiger partial charge on any atom is -0.493 e. The van der Waals surface area contributed by atoms with Crippen molar-refractivity contribution in [3.63, 3.8) is 0 Å². The highest BCUT2D eigenvalue weighted by Gasteiger charge is 2.22. The summed E-state index contributed by atoms with van der Waals surface area (Å²) in [5.41, 5.74) is 5.12. The molecule has 3 N–H and O–H groups in total. The first-order valence-electron chi connectivity index (χ1n) is 7.99. The summed E-state index contributed by atoms with van der Waals surface area (Å²) < 4.78 is 10.9. The van der Waals surface area contributed by atoms with Gasteiger partial charge in [0.15, 0.2) is 11.5 Å². The van der Waals surface area contributed by atoms with Crippen molar-refractivity contribution in [3.05, 3.63) is 57.1 Å². The molecule has 0 unspecified atom stereocenters. The first-order valence-corrected chi connectivity index (χ1v) is 8.37. The second-order valence-electron chi connectivity index (χ2n) is 6.38. The van der Waals surface area contributed by atoms with Gasteiger partial charge in [0.2, 0.25) is 5.75 Å². The highest BCUT2D eigenvalue weighted by molar-refractivity contribution is 6.30. The minimum absolute atomic E-state index is 0. The third-order valence-electron chi connectivity index (χ3n) is 3.73. The maximum absolute atomic E-state index is 12.4. The van der Waals surface area contributed by atoms with Gasteiger partial charge in [-0.05, 0) is 44.2 Å². The number of halogens is 2. The molecular formula is C18H21Cl2N3O5. The monoisotopic (exact) mass is 429 g/mol. The fourth-order valence-corrected chi connectivity index (χ4v) is 2.33. The Morgan fingerprint density at radius 1 is 1.21 bits per heavy atom. The maximum Gasteiger partial charge on any atom is 0.313 e. The number of benzene rings is 2. The quantitative estimate of drug-likeness (QED) is 0.508. The average molecular weight is 430 g/mol. The summed E-state index contributed by atoms with van der Waals surface area (Å²) in [6, 6.07) is 8.58. The van der Waals surface area contributed by atoms with Crippen LogP contribution in [0.3, 0.4) is 0 Å². The zero-order valence-corrected chi connectivity index (χ0v) is 17.1. The number of carbonyl (C=O) groups is 1. The van der Waals surface area contributed by atoms with E-state index in [2.05, 4.69) is 5.32 Å². The number of nitro groups is 1. The average Bonchev–Trinajstić information content (AvgIpc) is 2.62. The van der Waals surface area contributed by atoms with E-state index in [4.69, 9.17) is 26.8 Å². The van der Waals surface area contributed by atoms with Gasteiger partial charge in [0.1, 0.15) is 0 Å². The maximum atomic E-state index is 12.4. The van der Waals surface area contributed by atoms with Crippen LogP contribution >= 0.6 is 24.0 Å². The van der Waals surface area contributed by atoms with Crippen LogP contribution in [0.4, 0.5) is 5.69 Å². The van der Waals surface area contributed by atoms with Crippen LogP contribution in [-0.2, 0) is 0 Å². The lowest BCUT2D eigenvalue weighted by Crippen LogP contribution is -2.48. The van der Waals surface area contributed by atoms with Crippen LogP contribution in [0.5, 0.6) is 17.2 Å². The molecule has 8 nitrogen and oxygen atoms in total. The molecule has 0 atom stereocenters. The number of ether oxygens (including phenoxy) is 2. The minimum atomic E-state index is -0.593. The van der Waals surface area contributed by atoms with Gasteiger partial charge in [0.05, 0.1) is 12.0 Å². The topological polar surface area (TPSA) is 117 Å². The lowest BCUT2D eigenvalue weighted by Gasteiger charge is -2.24.